The lowest BCUT2D eigenvalue weighted by Crippen LogP contribution is -2.26. The molecule has 0 aliphatic rings. The molecule has 2 aromatic rings. The second-order valence-electron chi connectivity index (χ2n) is 4.75. The van der Waals surface area contributed by atoms with Gasteiger partial charge in [0.05, 0.1) is 34.0 Å². The highest BCUT2D eigenvalue weighted by Crippen LogP contribution is 2.32. The summed E-state index contributed by atoms with van der Waals surface area (Å²) in [5.41, 5.74) is -3.12. The van der Waals surface area contributed by atoms with Crippen LogP contribution in [0, 0.1) is 0 Å². The van der Waals surface area contributed by atoms with Crippen LogP contribution in [0.3, 0.4) is 0 Å². The van der Waals surface area contributed by atoms with Gasteiger partial charge < -0.3 is 5.32 Å². The van der Waals surface area contributed by atoms with Gasteiger partial charge in [-0.05, 0) is 12.1 Å². The number of halogens is 7. The molecule has 0 fully saturated rings. The highest BCUT2D eigenvalue weighted by atomic mass is 35.5. The summed E-state index contributed by atoms with van der Waals surface area (Å²) in [5, 5.41) is 1.74. The maximum Gasteiger partial charge on any atom is 0.417 e. The summed E-state index contributed by atoms with van der Waals surface area (Å²) in [5.74, 6) is -1.11. The fraction of sp³-hybridized carbons (Fsp3) is 0.214. The molecule has 25 heavy (non-hydrogen) atoms. The van der Waals surface area contributed by atoms with E-state index in [1.165, 1.54) is 0 Å². The van der Waals surface area contributed by atoms with Gasteiger partial charge in [-0.3, -0.25) is 14.8 Å². The Morgan fingerprint density at radius 1 is 1.12 bits per heavy atom. The second-order valence-corrected chi connectivity index (χ2v) is 5.16. The van der Waals surface area contributed by atoms with Crippen LogP contribution >= 0.6 is 11.6 Å². The van der Waals surface area contributed by atoms with Crippen LogP contribution in [0.2, 0.25) is 5.02 Å². The molecule has 0 unspecified atom stereocenters. The Hall–Kier alpha value is -2.36. The van der Waals surface area contributed by atoms with Gasteiger partial charge in [-0.1, -0.05) is 11.6 Å². The zero-order valence-electron chi connectivity index (χ0n) is 12.0. The molecule has 2 heterocycles. The molecule has 2 aromatic heterocycles. The molecule has 134 valence electrons. The Bertz CT molecular complexity index is 791. The second kappa shape index (κ2) is 6.87. The maximum absolute atomic E-state index is 12.8. The first kappa shape index (κ1) is 19.0. The minimum atomic E-state index is -4.76. The number of hydrogen-bond acceptors (Lipinski definition) is 3. The SMILES string of the molecule is O=C(NCc1ncc(C(F)(F)F)cc1Cl)c1cnccc1C(F)(F)F. The lowest BCUT2D eigenvalue weighted by molar-refractivity contribution is -0.138. The molecule has 0 spiro atoms. The van der Waals surface area contributed by atoms with Gasteiger partial charge >= 0.3 is 12.4 Å². The average molecular weight is 384 g/mol. The van der Waals surface area contributed by atoms with E-state index < -0.39 is 41.5 Å². The topological polar surface area (TPSA) is 54.9 Å². The molecular weight excluding hydrogens is 376 g/mol. The Labute approximate surface area is 141 Å². The normalized spacial score (nSPS) is 12.1. The molecular formula is C14H8ClF6N3O. The van der Waals surface area contributed by atoms with Gasteiger partial charge in [-0.25, -0.2) is 0 Å². The molecule has 0 atom stereocenters. The number of amides is 1. The zero-order chi connectivity index (χ0) is 18.8. The van der Waals surface area contributed by atoms with E-state index in [9.17, 15) is 31.1 Å². The van der Waals surface area contributed by atoms with Crippen LogP contribution in [0.4, 0.5) is 26.3 Å². The third-order valence-corrected chi connectivity index (χ3v) is 3.36. The summed E-state index contributed by atoms with van der Waals surface area (Å²) in [4.78, 5) is 18.9. The molecule has 0 saturated heterocycles. The van der Waals surface area contributed by atoms with Crippen molar-refractivity contribution in [2.24, 2.45) is 0 Å². The molecule has 0 saturated carbocycles. The van der Waals surface area contributed by atoms with Crippen molar-refractivity contribution in [1.82, 2.24) is 15.3 Å². The van der Waals surface area contributed by atoms with Crippen LogP contribution in [0.1, 0.15) is 27.2 Å². The fourth-order valence-corrected chi connectivity index (χ4v) is 2.07. The maximum atomic E-state index is 12.8. The van der Waals surface area contributed by atoms with Crippen molar-refractivity contribution in [3.05, 3.63) is 58.1 Å². The van der Waals surface area contributed by atoms with E-state index in [-0.39, 0.29) is 10.7 Å². The van der Waals surface area contributed by atoms with Crippen LogP contribution in [0.5, 0.6) is 0 Å². The number of nitrogens with zero attached hydrogens (tertiary/aromatic N) is 2. The standard InChI is InChI=1S/C14H8ClF6N3O/c15-10-3-7(13(16,17)18)4-23-11(10)6-24-12(25)8-5-22-2-1-9(8)14(19,20)21/h1-5H,6H2,(H,24,25). The summed E-state index contributed by atoms with van der Waals surface area (Å²) < 4.78 is 76.1. The number of pyridine rings is 2. The summed E-state index contributed by atoms with van der Waals surface area (Å²) in [6.07, 6.45) is -7.28. The fourth-order valence-electron chi connectivity index (χ4n) is 1.83. The van der Waals surface area contributed by atoms with E-state index in [4.69, 9.17) is 11.6 Å². The Balaban J connectivity index is 2.16. The van der Waals surface area contributed by atoms with Crippen molar-refractivity contribution in [3.8, 4) is 0 Å². The molecule has 0 aliphatic heterocycles. The third-order valence-electron chi connectivity index (χ3n) is 3.03. The first-order chi connectivity index (χ1) is 11.5. The van der Waals surface area contributed by atoms with Gasteiger partial charge in [-0.15, -0.1) is 0 Å². The molecule has 4 nitrogen and oxygen atoms in total. The van der Waals surface area contributed by atoms with Crippen molar-refractivity contribution in [2.45, 2.75) is 18.9 Å². The summed E-state index contributed by atoms with van der Waals surface area (Å²) >= 11 is 5.66. The van der Waals surface area contributed by atoms with Crippen LogP contribution < -0.4 is 5.32 Å². The lowest BCUT2D eigenvalue weighted by atomic mass is 10.1. The van der Waals surface area contributed by atoms with Gasteiger partial charge in [-0.2, -0.15) is 26.3 Å². The van der Waals surface area contributed by atoms with Gasteiger partial charge in [0, 0.05) is 18.6 Å². The van der Waals surface area contributed by atoms with E-state index in [1.807, 2.05) is 0 Å². The van der Waals surface area contributed by atoms with Crippen LogP contribution in [-0.2, 0) is 18.9 Å². The highest BCUT2D eigenvalue weighted by molar-refractivity contribution is 6.31. The zero-order valence-corrected chi connectivity index (χ0v) is 12.8. The molecule has 0 aromatic carbocycles. The minimum absolute atomic E-state index is 0.125. The average Bonchev–Trinajstić information content (AvgIpc) is 2.51. The molecule has 0 radical (unpaired) electrons. The first-order valence-electron chi connectivity index (χ1n) is 6.51. The number of nitrogens with one attached hydrogen (secondary N) is 1. The van der Waals surface area contributed by atoms with Gasteiger partial charge in [0.2, 0.25) is 0 Å². The van der Waals surface area contributed by atoms with Gasteiger partial charge in [0.15, 0.2) is 0 Å². The van der Waals surface area contributed by atoms with Crippen molar-refractivity contribution >= 4 is 17.5 Å². The van der Waals surface area contributed by atoms with Crippen molar-refractivity contribution in [2.75, 3.05) is 0 Å². The van der Waals surface area contributed by atoms with E-state index in [2.05, 4.69) is 15.3 Å². The third kappa shape index (κ3) is 4.59. The van der Waals surface area contributed by atoms with Crippen molar-refractivity contribution in [1.29, 1.82) is 0 Å². The Morgan fingerprint density at radius 2 is 1.80 bits per heavy atom. The molecule has 1 N–H and O–H groups in total. The van der Waals surface area contributed by atoms with Gasteiger partial charge in [0.25, 0.3) is 5.91 Å². The highest BCUT2D eigenvalue weighted by Gasteiger charge is 2.35. The number of aromatic nitrogens is 2. The quantitative estimate of drug-likeness (QED) is 0.812. The largest absolute Gasteiger partial charge is 0.417 e. The predicted octanol–water partition coefficient (Wildman–Crippen LogP) is 4.10. The number of carbonyl (C=O) groups is 1. The van der Waals surface area contributed by atoms with Crippen LogP contribution in [-0.4, -0.2) is 15.9 Å². The molecule has 1 amide bonds. The predicted molar refractivity (Wildman–Crippen MR) is 74.7 cm³/mol. The Kier molecular flexibility index (Phi) is 5.21. The molecule has 0 aliphatic carbocycles. The monoisotopic (exact) mass is 383 g/mol. The Morgan fingerprint density at radius 3 is 2.36 bits per heavy atom. The molecule has 11 heteroatoms. The minimum Gasteiger partial charge on any atom is -0.346 e. The van der Waals surface area contributed by atoms with Crippen molar-refractivity contribution < 1.29 is 31.1 Å². The van der Waals surface area contributed by atoms with E-state index in [1.54, 1.807) is 0 Å². The molecule has 2 rings (SSSR count). The van der Waals surface area contributed by atoms with Crippen LogP contribution in [0.15, 0.2) is 30.7 Å². The van der Waals surface area contributed by atoms with Gasteiger partial charge in [0.1, 0.15) is 0 Å². The number of hydrogen-bond donors (Lipinski definition) is 1. The lowest BCUT2D eigenvalue weighted by Gasteiger charge is -2.13. The smallest absolute Gasteiger partial charge is 0.346 e. The number of rotatable bonds is 3. The number of carbonyl (C=O) groups excluding carboxylic acids is 1. The first-order valence-corrected chi connectivity index (χ1v) is 6.89. The van der Waals surface area contributed by atoms with E-state index >= 15 is 0 Å². The van der Waals surface area contributed by atoms with Crippen LogP contribution in [0.25, 0.3) is 0 Å². The van der Waals surface area contributed by atoms with E-state index in [0.29, 0.717) is 18.3 Å². The summed E-state index contributed by atoms with van der Waals surface area (Å²) in [6, 6.07) is 1.25. The molecule has 0 bridgehead atoms. The number of alkyl halides is 6. The van der Waals surface area contributed by atoms with Crippen molar-refractivity contribution in [3.63, 3.8) is 0 Å². The summed E-state index contributed by atoms with van der Waals surface area (Å²) in [6.45, 7) is -0.456. The summed E-state index contributed by atoms with van der Waals surface area (Å²) in [7, 11) is 0. The van der Waals surface area contributed by atoms with E-state index in [0.717, 1.165) is 12.4 Å².